The third-order valence-corrected chi connectivity index (χ3v) is 3.69. The number of phosphoric acid groups is 1. The first-order valence-electron chi connectivity index (χ1n) is 7.09. The summed E-state index contributed by atoms with van der Waals surface area (Å²) in [5, 5.41) is 2.55. The monoisotopic (exact) mass is 323 g/mol. The Labute approximate surface area is 126 Å². The summed E-state index contributed by atoms with van der Waals surface area (Å²) < 4.78 is 20.7. The quantitative estimate of drug-likeness (QED) is 0.445. The number of carbonyl (C=O) groups is 2. The second kappa shape index (κ2) is 10.1. The predicted octanol–water partition coefficient (Wildman–Crippen LogP) is 2.04. The SMILES string of the molecule is CC(C)OP(=O)(O)OCCNC(=O)CCCC(=O)C(C)C. The van der Waals surface area contributed by atoms with E-state index in [1.165, 1.54) is 0 Å². The van der Waals surface area contributed by atoms with Crippen molar-refractivity contribution in [1.82, 2.24) is 5.32 Å². The Balaban J connectivity index is 3.71. The zero-order valence-electron chi connectivity index (χ0n) is 13.1. The van der Waals surface area contributed by atoms with Crippen molar-refractivity contribution in [2.75, 3.05) is 13.2 Å². The van der Waals surface area contributed by atoms with Gasteiger partial charge in [-0.15, -0.1) is 0 Å². The van der Waals surface area contributed by atoms with Crippen LogP contribution in [0.15, 0.2) is 0 Å². The molecular weight excluding hydrogens is 297 g/mol. The van der Waals surface area contributed by atoms with Gasteiger partial charge < -0.3 is 10.2 Å². The van der Waals surface area contributed by atoms with Gasteiger partial charge in [0.1, 0.15) is 5.78 Å². The number of phosphoric ester groups is 1. The summed E-state index contributed by atoms with van der Waals surface area (Å²) in [6.07, 6.45) is 0.709. The smallest absolute Gasteiger partial charge is 0.354 e. The van der Waals surface area contributed by atoms with Crippen LogP contribution in [-0.2, 0) is 23.2 Å². The Morgan fingerprint density at radius 2 is 1.81 bits per heavy atom. The lowest BCUT2D eigenvalue weighted by atomic mass is 10.0. The van der Waals surface area contributed by atoms with E-state index in [0.717, 1.165) is 0 Å². The standard InChI is InChI=1S/C13H26NO6P/c1-10(2)12(15)6-5-7-13(16)14-8-9-19-21(17,18)20-11(3)4/h10-11H,5-9H2,1-4H3,(H,14,16)(H,17,18). The number of rotatable bonds is 11. The molecule has 1 unspecified atom stereocenters. The van der Waals surface area contributed by atoms with Crippen molar-refractivity contribution in [3.63, 3.8) is 0 Å². The zero-order chi connectivity index (χ0) is 16.5. The fourth-order valence-corrected chi connectivity index (χ4v) is 2.36. The van der Waals surface area contributed by atoms with Crippen LogP contribution in [0.4, 0.5) is 0 Å². The number of nitrogens with one attached hydrogen (secondary N) is 1. The van der Waals surface area contributed by atoms with E-state index in [4.69, 9.17) is 4.52 Å². The molecule has 21 heavy (non-hydrogen) atoms. The molecule has 0 aliphatic carbocycles. The maximum absolute atomic E-state index is 11.5. The molecule has 0 aliphatic rings. The third-order valence-electron chi connectivity index (χ3n) is 2.49. The normalized spacial score (nSPS) is 14.2. The molecule has 2 N–H and O–H groups in total. The molecule has 0 bridgehead atoms. The van der Waals surface area contributed by atoms with Gasteiger partial charge in [-0.2, -0.15) is 0 Å². The highest BCUT2D eigenvalue weighted by molar-refractivity contribution is 7.47. The average Bonchev–Trinajstić information content (AvgIpc) is 2.32. The summed E-state index contributed by atoms with van der Waals surface area (Å²) in [6, 6.07) is 0. The molecule has 0 aromatic heterocycles. The Kier molecular flexibility index (Phi) is 9.70. The van der Waals surface area contributed by atoms with Gasteiger partial charge in [0.15, 0.2) is 0 Å². The molecule has 8 heteroatoms. The summed E-state index contributed by atoms with van der Waals surface area (Å²) in [4.78, 5) is 32.1. The summed E-state index contributed by atoms with van der Waals surface area (Å²) in [5.74, 6) is -0.0907. The van der Waals surface area contributed by atoms with E-state index in [0.29, 0.717) is 12.8 Å². The fourth-order valence-electron chi connectivity index (χ4n) is 1.45. The summed E-state index contributed by atoms with van der Waals surface area (Å²) in [7, 11) is -4.05. The number of ketones is 1. The number of hydrogen-bond acceptors (Lipinski definition) is 5. The predicted molar refractivity (Wildman–Crippen MR) is 78.7 cm³/mol. The van der Waals surface area contributed by atoms with Gasteiger partial charge in [0, 0.05) is 25.3 Å². The van der Waals surface area contributed by atoms with Crippen LogP contribution in [0.3, 0.4) is 0 Å². The van der Waals surface area contributed by atoms with E-state index in [9.17, 15) is 19.0 Å². The molecule has 0 aliphatic heterocycles. The summed E-state index contributed by atoms with van der Waals surface area (Å²) in [6.45, 7) is 6.89. The van der Waals surface area contributed by atoms with Crippen molar-refractivity contribution >= 4 is 19.5 Å². The molecular formula is C13H26NO6P. The van der Waals surface area contributed by atoms with Gasteiger partial charge in [-0.3, -0.25) is 18.6 Å². The average molecular weight is 323 g/mol. The van der Waals surface area contributed by atoms with E-state index >= 15 is 0 Å². The number of Topliss-reactive ketones (excluding diaryl/α,β-unsaturated/α-hetero) is 1. The number of amides is 1. The van der Waals surface area contributed by atoms with Crippen LogP contribution in [0.25, 0.3) is 0 Å². The highest BCUT2D eigenvalue weighted by atomic mass is 31.2. The lowest BCUT2D eigenvalue weighted by Gasteiger charge is -2.14. The lowest BCUT2D eigenvalue weighted by Crippen LogP contribution is -2.27. The first-order valence-corrected chi connectivity index (χ1v) is 8.58. The fraction of sp³-hybridized carbons (Fsp3) is 0.846. The van der Waals surface area contributed by atoms with Crippen LogP contribution in [0.5, 0.6) is 0 Å². The van der Waals surface area contributed by atoms with Gasteiger partial charge in [-0.25, -0.2) is 4.57 Å². The Bertz CT molecular complexity index is 383. The van der Waals surface area contributed by atoms with Crippen molar-refractivity contribution in [2.45, 2.75) is 53.1 Å². The van der Waals surface area contributed by atoms with E-state index in [1.54, 1.807) is 13.8 Å². The molecule has 1 atom stereocenters. The Morgan fingerprint density at radius 1 is 1.19 bits per heavy atom. The molecule has 124 valence electrons. The van der Waals surface area contributed by atoms with Gasteiger partial charge >= 0.3 is 7.82 Å². The van der Waals surface area contributed by atoms with Gasteiger partial charge in [-0.05, 0) is 20.3 Å². The topological polar surface area (TPSA) is 102 Å². The molecule has 0 aromatic carbocycles. The third kappa shape index (κ3) is 11.6. The highest BCUT2D eigenvalue weighted by Crippen LogP contribution is 2.44. The molecule has 7 nitrogen and oxygen atoms in total. The summed E-state index contributed by atoms with van der Waals surface area (Å²) in [5.41, 5.74) is 0. The van der Waals surface area contributed by atoms with E-state index in [-0.39, 0.29) is 37.2 Å². The van der Waals surface area contributed by atoms with Crippen molar-refractivity contribution in [1.29, 1.82) is 0 Å². The number of carbonyl (C=O) groups excluding carboxylic acids is 2. The first kappa shape index (κ1) is 20.2. The van der Waals surface area contributed by atoms with Gasteiger partial charge in [0.05, 0.1) is 12.7 Å². The van der Waals surface area contributed by atoms with Gasteiger partial charge in [0.25, 0.3) is 0 Å². The minimum Gasteiger partial charge on any atom is -0.354 e. The molecule has 0 saturated heterocycles. The van der Waals surface area contributed by atoms with Crippen LogP contribution in [0.2, 0.25) is 0 Å². The van der Waals surface area contributed by atoms with Gasteiger partial charge in [-0.1, -0.05) is 13.8 Å². The van der Waals surface area contributed by atoms with E-state index < -0.39 is 13.9 Å². The first-order chi connectivity index (χ1) is 9.64. The zero-order valence-corrected chi connectivity index (χ0v) is 14.0. The lowest BCUT2D eigenvalue weighted by molar-refractivity contribution is -0.123. The van der Waals surface area contributed by atoms with Crippen LogP contribution in [-0.4, -0.2) is 35.8 Å². The van der Waals surface area contributed by atoms with E-state index in [1.807, 2.05) is 13.8 Å². The highest BCUT2D eigenvalue weighted by Gasteiger charge is 2.22. The largest absolute Gasteiger partial charge is 0.472 e. The molecule has 0 radical (unpaired) electrons. The van der Waals surface area contributed by atoms with Crippen molar-refractivity contribution < 1.29 is 28.1 Å². The molecule has 1 amide bonds. The van der Waals surface area contributed by atoms with Crippen molar-refractivity contribution in [3.05, 3.63) is 0 Å². The van der Waals surface area contributed by atoms with Crippen LogP contribution in [0, 0.1) is 5.92 Å². The Hall–Kier alpha value is -0.750. The molecule has 0 aromatic rings. The van der Waals surface area contributed by atoms with Crippen LogP contribution in [0.1, 0.15) is 47.0 Å². The summed E-state index contributed by atoms with van der Waals surface area (Å²) >= 11 is 0. The molecule has 0 heterocycles. The molecule has 0 saturated carbocycles. The van der Waals surface area contributed by atoms with Crippen molar-refractivity contribution in [3.8, 4) is 0 Å². The van der Waals surface area contributed by atoms with Crippen molar-refractivity contribution in [2.24, 2.45) is 5.92 Å². The second-order valence-electron chi connectivity index (χ2n) is 5.28. The van der Waals surface area contributed by atoms with Gasteiger partial charge in [0.2, 0.25) is 5.91 Å². The van der Waals surface area contributed by atoms with E-state index in [2.05, 4.69) is 9.84 Å². The number of hydrogen-bond donors (Lipinski definition) is 2. The van der Waals surface area contributed by atoms with Crippen LogP contribution >= 0.6 is 7.82 Å². The maximum atomic E-state index is 11.5. The molecule has 0 fully saturated rings. The van der Waals surface area contributed by atoms with Crippen LogP contribution < -0.4 is 5.32 Å². The minimum absolute atomic E-state index is 0.0129. The molecule has 0 spiro atoms. The minimum atomic E-state index is -4.05. The second-order valence-corrected chi connectivity index (χ2v) is 6.69. The Morgan fingerprint density at radius 3 is 2.33 bits per heavy atom. The maximum Gasteiger partial charge on any atom is 0.472 e. The molecule has 0 rings (SSSR count).